The van der Waals surface area contributed by atoms with Gasteiger partial charge in [-0.2, -0.15) is 0 Å². The lowest BCUT2D eigenvalue weighted by molar-refractivity contribution is 0.586. The lowest BCUT2D eigenvalue weighted by Crippen LogP contribution is -1.96. The fourth-order valence-corrected chi connectivity index (χ4v) is 0.333. The molecule has 0 aliphatic rings. The van der Waals surface area contributed by atoms with E-state index in [1.165, 1.54) is 0 Å². The van der Waals surface area contributed by atoms with Gasteiger partial charge in [0.25, 0.3) is 7.48 Å². The summed E-state index contributed by atoms with van der Waals surface area (Å²) in [6, 6.07) is 0. The molecule has 0 aromatic heterocycles. The standard InChI is InChI=1S/C5H10BO/c1-3-5(4-2)6-7/h3,5,7H,1,4H2,2H3. The third-order valence-electron chi connectivity index (χ3n) is 0.966. The Morgan fingerprint density at radius 2 is 2.57 bits per heavy atom. The Kier molecular flexibility index (Phi) is 3.81. The molecule has 1 unspecified atom stereocenters. The Balaban J connectivity index is 3.16. The van der Waals surface area contributed by atoms with Gasteiger partial charge in [-0.15, -0.1) is 6.58 Å². The summed E-state index contributed by atoms with van der Waals surface area (Å²) < 4.78 is 0. The van der Waals surface area contributed by atoms with E-state index in [2.05, 4.69) is 6.58 Å². The first-order valence-electron chi connectivity index (χ1n) is 2.45. The van der Waals surface area contributed by atoms with Crippen LogP contribution in [0.4, 0.5) is 0 Å². The first-order valence-corrected chi connectivity index (χ1v) is 2.45. The van der Waals surface area contributed by atoms with Crippen molar-refractivity contribution < 1.29 is 5.02 Å². The second-order valence-electron chi connectivity index (χ2n) is 1.46. The van der Waals surface area contributed by atoms with Crippen molar-refractivity contribution in [1.29, 1.82) is 0 Å². The van der Waals surface area contributed by atoms with Gasteiger partial charge in [-0.25, -0.2) is 0 Å². The summed E-state index contributed by atoms with van der Waals surface area (Å²) in [6.07, 6.45) is 2.65. The predicted molar refractivity (Wildman–Crippen MR) is 32.2 cm³/mol. The average Bonchev–Trinajstić information content (AvgIpc) is 1.72. The zero-order chi connectivity index (χ0) is 5.70. The van der Waals surface area contributed by atoms with Gasteiger partial charge in [0.1, 0.15) is 0 Å². The van der Waals surface area contributed by atoms with E-state index >= 15 is 0 Å². The van der Waals surface area contributed by atoms with Crippen molar-refractivity contribution in [3.63, 3.8) is 0 Å². The number of hydrogen-bond donors (Lipinski definition) is 1. The summed E-state index contributed by atoms with van der Waals surface area (Å²) >= 11 is 0. The Labute approximate surface area is 45.3 Å². The molecule has 1 radical (unpaired) electrons. The molecule has 0 aromatic rings. The monoisotopic (exact) mass is 97.1 g/mol. The van der Waals surface area contributed by atoms with Crippen LogP contribution < -0.4 is 0 Å². The molecular formula is C5H10BO. The molecule has 0 aliphatic heterocycles. The molecule has 0 aliphatic carbocycles. The van der Waals surface area contributed by atoms with E-state index in [0.717, 1.165) is 13.9 Å². The Morgan fingerprint density at radius 3 is 2.57 bits per heavy atom. The van der Waals surface area contributed by atoms with E-state index < -0.39 is 0 Å². The highest BCUT2D eigenvalue weighted by Crippen LogP contribution is 2.05. The van der Waals surface area contributed by atoms with E-state index in [1.54, 1.807) is 6.08 Å². The molecule has 0 heterocycles. The topological polar surface area (TPSA) is 20.2 Å². The normalized spacial score (nSPS) is 12.9. The molecule has 0 bridgehead atoms. The summed E-state index contributed by atoms with van der Waals surface area (Å²) in [5.74, 6) is 0.181. The summed E-state index contributed by atoms with van der Waals surface area (Å²) in [4.78, 5) is 0. The van der Waals surface area contributed by atoms with Crippen molar-refractivity contribution in [3.05, 3.63) is 12.7 Å². The van der Waals surface area contributed by atoms with E-state index in [-0.39, 0.29) is 5.82 Å². The van der Waals surface area contributed by atoms with E-state index in [1.807, 2.05) is 6.92 Å². The van der Waals surface area contributed by atoms with Crippen LogP contribution in [0.2, 0.25) is 5.82 Å². The van der Waals surface area contributed by atoms with Crippen LogP contribution in [0.1, 0.15) is 13.3 Å². The van der Waals surface area contributed by atoms with Crippen molar-refractivity contribution in [2.24, 2.45) is 0 Å². The number of hydrogen-bond acceptors (Lipinski definition) is 1. The van der Waals surface area contributed by atoms with Gasteiger partial charge in [-0.1, -0.05) is 19.4 Å². The van der Waals surface area contributed by atoms with Crippen LogP contribution in [-0.2, 0) is 0 Å². The molecule has 0 saturated carbocycles. The lowest BCUT2D eigenvalue weighted by atomic mass is 9.79. The molecule has 7 heavy (non-hydrogen) atoms. The van der Waals surface area contributed by atoms with Gasteiger partial charge in [-0.3, -0.25) is 0 Å². The van der Waals surface area contributed by atoms with E-state index in [0.29, 0.717) is 0 Å². The van der Waals surface area contributed by atoms with Crippen LogP contribution in [0.5, 0.6) is 0 Å². The molecule has 0 aromatic carbocycles. The van der Waals surface area contributed by atoms with Crippen LogP contribution in [0.3, 0.4) is 0 Å². The summed E-state index contributed by atoms with van der Waals surface area (Å²) in [5, 5.41) is 8.33. The molecule has 0 spiro atoms. The minimum Gasteiger partial charge on any atom is -0.454 e. The molecule has 2 heteroatoms. The molecule has 0 rings (SSSR count). The zero-order valence-corrected chi connectivity index (χ0v) is 4.59. The molecule has 39 valence electrons. The van der Waals surface area contributed by atoms with Crippen molar-refractivity contribution in [2.45, 2.75) is 19.2 Å². The van der Waals surface area contributed by atoms with Crippen molar-refractivity contribution in [2.75, 3.05) is 0 Å². The first-order chi connectivity index (χ1) is 3.35. The third kappa shape index (κ3) is 2.46. The van der Waals surface area contributed by atoms with Gasteiger partial charge in [0.05, 0.1) is 0 Å². The van der Waals surface area contributed by atoms with Crippen molar-refractivity contribution in [1.82, 2.24) is 0 Å². The largest absolute Gasteiger partial charge is 0.454 e. The van der Waals surface area contributed by atoms with Crippen LogP contribution >= 0.6 is 0 Å². The van der Waals surface area contributed by atoms with Gasteiger partial charge < -0.3 is 5.02 Å². The van der Waals surface area contributed by atoms with Gasteiger partial charge in [0.2, 0.25) is 0 Å². The maximum atomic E-state index is 8.33. The van der Waals surface area contributed by atoms with Gasteiger partial charge in [-0.05, 0) is 5.82 Å². The summed E-state index contributed by atoms with van der Waals surface area (Å²) in [5.41, 5.74) is 0. The molecule has 1 N–H and O–H groups in total. The molecule has 1 atom stereocenters. The molecule has 0 fully saturated rings. The maximum absolute atomic E-state index is 8.33. The minimum atomic E-state index is 0.181. The smallest absolute Gasteiger partial charge is 0.294 e. The van der Waals surface area contributed by atoms with Crippen LogP contribution in [-0.4, -0.2) is 12.5 Å². The molecule has 0 amide bonds. The predicted octanol–water partition coefficient (Wildman–Crippen LogP) is 0.982. The quantitative estimate of drug-likeness (QED) is 0.411. The SMILES string of the molecule is C=CC([B]O)CC. The minimum absolute atomic E-state index is 0.181. The first kappa shape index (κ1) is 6.76. The second kappa shape index (κ2) is 3.94. The van der Waals surface area contributed by atoms with Crippen LogP contribution in [0, 0.1) is 0 Å². The zero-order valence-electron chi connectivity index (χ0n) is 4.59. The Hall–Kier alpha value is -0.235. The van der Waals surface area contributed by atoms with E-state index in [4.69, 9.17) is 5.02 Å². The van der Waals surface area contributed by atoms with Gasteiger partial charge >= 0.3 is 0 Å². The van der Waals surface area contributed by atoms with Gasteiger partial charge in [0.15, 0.2) is 0 Å². The van der Waals surface area contributed by atoms with Crippen molar-refractivity contribution >= 4 is 7.48 Å². The summed E-state index contributed by atoms with van der Waals surface area (Å²) in [7, 11) is 1.16. The fourth-order valence-electron chi connectivity index (χ4n) is 0.333. The molecular weight excluding hydrogens is 86.9 g/mol. The van der Waals surface area contributed by atoms with Crippen LogP contribution in [0.25, 0.3) is 0 Å². The molecule has 1 nitrogen and oxygen atoms in total. The average molecular weight is 96.9 g/mol. The lowest BCUT2D eigenvalue weighted by Gasteiger charge is -1.98. The summed E-state index contributed by atoms with van der Waals surface area (Å²) in [6.45, 7) is 5.51. The van der Waals surface area contributed by atoms with Crippen LogP contribution in [0.15, 0.2) is 12.7 Å². The maximum Gasteiger partial charge on any atom is 0.294 e. The molecule has 0 saturated heterocycles. The Bertz CT molecular complexity index is 50.0. The van der Waals surface area contributed by atoms with Gasteiger partial charge in [0, 0.05) is 0 Å². The highest BCUT2D eigenvalue weighted by molar-refractivity contribution is 6.28. The Morgan fingerprint density at radius 1 is 2.00 bits per heavy atom. The van der Waals surface area contributed by atoms with Crippen molar-refractivity contribution in [3.8, 4) is 0 Å². The van der Waals surface area contributed by atoms with E-state index in [9.17, 15) is 0 Å². The highest BCUT2D eigenvalue weighted by atomic mass is 16.2. The fraction of sp³-hybridized carbons (Fsp3) is 0.600. The second-order valence-corrected chi connectivity index (χ2v) is 1.46. The number of allylic oxidation sites excluding steroid dienone is 1. The third-order valence-corrected chi connectivity index (χ3v) is 0.966. The highest BCUT2D eigenvalue weighted by Gasteiger charge is 1.97. The number of rotatable bonds is 3.